The lowest BCUT2D eigenvalue weighted by molar-refractivity contribution is 0.0943. The molecule has 0 bridgehead atoms. The summed E-state index contributed by atoms with van der Waals surface area (Å²) in [5, 5.41) is 4.18. The topological polar surface area (TPSA) is 20.3 Å². The summed E-state index contributed by atoms with van der Waals surface area (Å²) >= 11 is 1.69. The number of thiophene rings is 1. The molecule has 0 radical (unpaired) electrons. The molecular formula is C15H17NOS. The smallest absolute Gasteiger partial charge is 0.176 e. The van der Waals surface area contributed by atoms with Crippen molar-refractivity contribution in [3.8, 4) is 0 Å². The van der Waals surface area contributed by atoms with Crippen LogP contribution in [0.3, 0.4) is 0 Å². The molecule has 3 heteroatoms. The molecule has 0 saturated heterocycles. The van der Waals surface area contributed by atoms with E-state index in [4.69, 9.17) is 0 Å². The third-order valence-electron chi connectivity index (χ3n) is 2.79. The Balaban J connectivity index is 1.95. The molecule has 1 heterocycles. The molecule has 1 aromatic carbocycles. The number of carbonyl (C=O) groups is 1. The van der Waals surface area contributed by atoms with Crippen molar-refractivity contribution in [3.63, 3.8) is 0 Å². The zero-order valence-electron chi connectivity index (χ0n) is 10.7. The van der Waals surface area contributed by atoms with Crippen LogP contribution in [0, 0.1) is 6.92 Å². The van der Waals surface area contributed by atoms with Gasteiger partial charge in [0.15, 0.2) is 5.78 Å². The first-order valence-electron chi connectivity index (χ1n) is 5.94. The van der Waals surface area contributed by atoms with Crippen molar-refractivity contribution in [3.05, 3.63) is 57.8 Å². The van der Waals surface area contributed by atoms with Gasteiger partial charge in [-0.25, -0.2) is 0 Å². The molecule has 0 spiro atoms. The highest BCUT2D eigenvalue weighted by molar-refractivity contribution is 7.07. The van der Waals surface area contributed by atoms with Gasteiger partial charge in [0, 0.05) is 12.1 Å². The number of Topliss-reactive ketones (excluding diaryl/α,β-unsaturated/α-hetero) is 1. The Labute approximate surface area is 112 Å². The number of nitrogens with zero attached hydrogens (tertiary/aromatic N) is 1. The maximum absolute atomic E-state index is 12.1. The summed E-state index contributed by atoms with van der Waals surface area (Å²) in [6.07, 6.45) is 0. The van der Waals surface area contributed by atoms with Crippen LogP contribution >= 0.6 is 11.3 Å². The molecule has 0 aliphatic rings. The van der Waals surface area contributed by atoms with E-state index < -0.39 is 0 Å². The monoisotopic (exact) mass is 259 g/mol. The zero-order valence-corrected chi connectivity index (χ0v) is 11.5. The fourth-order valence-electron chi connectivity index (χ4n) is 1.91. The highest BCUT2D eigenvalue weighted by Crippen LogP contribution is 2.10. The van der Waals surface area contributed by atoms with Crippen molar-refractivity contribution < 1.29 is 4.79 Å². The van der Waals surface area contributed by atoms with Gasteiger partial charge in [0.1, 0.15) is 0 Å². The standard InChI is InChI=1S/C15H17NOS/c1-12-4-3-5-14(8-12)15(17)10-16(2)9-13-6-7-18-11-13/h3-8,11H,9-10H2,1-2H3. The molecule has 0 atom stereocenters. The summed E-state index contributed by atoms with van der Waals surface area (Å²) < 4.78 is 0. The minimum Gasteiger partial charge on any atom is -0.295 e. The molecule has 2 nitrogen and oxygen atoms in total. The van der Waals surface area contributed by atoms with E-state index in [-0.39, 0.29) is 5.78 Å². The van der Waals surface area contributed by atoms with Gasteiger partial charge in [0.05, 0.1) is 6.54 Å². The quantitative estimate of drug-likeness (QED) is 0.767. The molecule has 0 fully saturated rings. The molecule has 0 amide bonds. The molecule has 0 aliphatic heterocycles. The molecular weight excluding hydrogens is 242 g/mol. The second-order valence-electron chi connectivity index (χ2n) is 4.60. The largest absolute Gasteiger partial charge is 0.295 e. The van der Waals surface area contributed by atoms with Gasteiger partial charge in [0.25, 0.3) is 0 Å². The summed E-state index contributed by atoms with van der Waals surface area (Å²) in [4.78, 5) is 14.1. The third-order valence-corrected chi connectivity index (χ3v) is 3.52. The number of aryl methyl sites for hydroxylation is 1. The van der Waals surface area contributed by atoms with Gasteiger partial charge < -0.3 is 0 Å². The summed E-state index contributed by atoms with van der Waals surface area (Å²) in [7, 11) is 1.98. The Morgan fingerprint density at radius 2 is 2.17 bits per heavy atom. The van der Waals surface area contributed by atoms with Crippen LogP contribution in [0.4, 0.5) is 0 Å². The van der Waals surface area contributed by atoms with Crippen LogP contribution in [-0.4, -0.2) is 24.3 Å². The molecule has 1 aromatic heterocycles. The first-order valence-corrected chi connectivity index (χ1v) is 6.89. The van der Waals surface area contributed by atoms with E-state index in [1.165, 1.54) is 5.56 Å². The number of benzene rings is 1. The average Bonchev–Trinajstić information content (AvgIpc) is 2.81. The van der Waals surface area contributed by atoms with Crippen LogP contribution in [0.1, 0.15) is 21.5 Å². The van der Waals surface area contributed by atoms with Crippen LogP contribution in [0.25, 0.3) is 0 Å². The Morgan fingerprint density at radius 3 is 2.83 bits per heavy atom. The zero-order chi connectivity index (χ0) is 13.0. The number of hydrogen-bond donors (Lipinski definition) is 0. The van der Waals surface area contributed by atoms with Gasteiger partial charge in [0.2, 0.25) is 0 Å². The van der Waals surface area contributed by atoms with Crippen molar-refractivity contribution in [2.45, 2.75) is 13.5 Å². The summed E-state index contributed by atoms with van der Waals surface area (Å²) in [5.41, 5.74) is 3.19. The van der Waals surface area contributed by atoms with Gasteiger partial charge in [-0.2, -0.15) is 11.3 Å². The molecule has 0 unspecified atom stereocenters. The number of likely N-dealkylation sites (N-methyl/N-ethyl adjacent to an activating group) is 1. The molecule has 2 aromatic rings. The fraction of sp³-hybridized carbons (Fsp3) is 0.267. The van der Waals surface area contributed by atoms with Crippen LogP contribution < -0.4 is 0 Å². The van der Waals surface area contributed by atoms with Crippen molar-refractivity contribution in [2.24, 2.45) is 0 Å². The second-order valence-corrected chi connectivity index (χ2v) is 5.38. The molecule has 18 heavy (non-hydrogen) atoms. The Kier molecular flexibility index (Phi) is 4.28. The van der Waals surface area contributed by atoms with Gasteiger partial charge in [-0.05, 0) is 42.4 Å². The number of ketones is 1. The van der Waals surface area contributed by atoms with Crippen LogP contribution in [-0.2, 0) is 6.54 Å². The Morgan fingerprint density at radius 1 is 1.33 bits per heavy atom. The summed E-state index contributed by atoms with van der Waals surface area (Å²) in [6, 6.07) is 9.86. The highest BCUT2D eigenvalue weighted by atomic mass is 32.1. The van der Waals surface area contributed by atoms with Crippen molar-refractivity contribution in [1.29, 1.82) is 0 Å². The highest BCUT2D eigenvalue weighted by Gasteiger charge is 2.09. The number of rotatable bonds is 5. The summed E-state index contributed by atoms with van der Waals surface area (Å²) in [6.45, 7) is 3.28. The maximum atomic E-state index is 12.1. The van der Waals surface area contributed by atoms with E-state index in [1.807, 2.05) is 43.1 Å². The van der Waals surface area contributed by atoms with Crippen LogP contribution in [0.15, 0.2) is 41.1 Å². The lowest BCUT2D eigenvalue weighted by Crippen LogP contribution is -2.25. The summed E-state index contributed by atoms with van der Waals surface area (Å²) in [5.74, 6) is 0.177. The van der Waals surface area contributed by atoms with Crippen molar-refractivity contribution >= 4 is 17.1 Å². The second kappa shape index (κ2) is 5.94. The Hall–Kier alpha value is -1.45. The van der Waals surface area contributed by atoms with Crippen LogP contribution in [0.5, 0.6) is 0 Å². The minimum atomic E-state index is 0.177. The van der Waals surface area contributed by atoms with E-state index in [0.717, 1.165) is 17.7 Å². The average molecular weight is 259 g/mol. The van der Waals surface area contributed by atoms with E-state index in [2.05, 4.69) is 16.8 Å². The molecule has 0 N–H and O–H groups in total. The van der Waals surface area contributed by atoms with Gasteiger partial charge >= 0.3 is 0 Å². The molecule has 2 rings (SSSR count). The van der Waals surface area contributed by atoms with Crippen LogP contribution in [0.2, 0.25) is 0 Å². The fourth-order valence-corrected chi connectivity index (χ4v) is 2.56. The van der Waals surface area contributed by atoms with E-state index in [1.54, 1.807) is 11.3 Å². The molecule has 0 saturated carbocycles. The van der Waals surface area contributed by atoms with E-state index >= 15 is 0 Å². The van der Waals surface area contributed by atoms with Crippen molar-refractivity contribution in [1.82, 2.24) is 4.90 Å². The third kappa shape index (κ3) is 3.52. The maximum Gasteiger partial charge on any atom is 0.176 e. The first kappa shape index (κ1) is 13.0. The van der Waals surface area contributed by atoms with Gasteiger partial charge in [-0.1, -0.05) is 23.8 Å². The predicted molar refractivity (Wildman–Crippen MR) is 76.2 cm³/mol. The Bertz CT molecular complexity index is 519. The van der Waals surface area contributed by atoms with E-state index in [0.29, 0.717) is 6.54 Å². The predicted octanol–water partition coefficient (Wildman–Crippen LogP) is 3.37. The lowest BCUT2D eigenvalue weighted by atomic mass is 10.1. The molecule has 0 aliphatic carbocycles. The van der Waals surface area contributed by atoms with Crippen molar-refractivity contribution in [2.75, 3.05) is 13.6 Å². The lowest BCUT2D eigenvalue weighted by Gasteiger charge is -2.15. The number of carbonyl (C=O) groups excluding carboxylic acids is 1. The van der Waals surface area contributed by atoms with E-state index in [9.17, 15) is 4.79 Å². The van der Waals surface area contributed by atoms with Gasteiger partial charge in [-0.3, -0.25) is 9.69 Å². The molecule has 94 valence electrons. The number of hydrogen-bond acceptors (Lipinski definition) is 3. The normalized spacial score (nSPS) is 10.8. The first-order chi connectivity index (χ1) is 8.65. The van der Waals surface area contributed by atoms with Gasteiger partial charge in [-0.15, -0.1) is 0 Å². The SMILES string of the molecule is Cc1cccc(C(=O)CN(C)Cc2ccsc2)c1. The minimum absolute atomic E-state index is 0.177.